The van der Waals surface area contributed by atoms with Crippen LogP contribution in [0.2, 0.25) is 0 Å². The Balaban J connectivity index is 1.78. The molecule has 3 rings (SSSR count). The smallest absolute Gasteiger partial charge is 0.0342 e. The van der Waals surface area contributed by atoms with Gasteiger partial charge in [0.1, 0.15) is 0 Å². The van der Waals surface area contributed by atoms with Crippen molar-refractivity contribution in [3.8, 4) is 0 Å². The molecule has 0 radical (unpaired) electrons. The van der Waals surface area contributed by atoms with Gasteiger partial charge in [0.2, 0.25) is 0 Å². The van der Waals surface area contributed by atoms with Crippen LogP contribution < -0.4 is 0 Å². The molecule has 0 N–H and O–H groups in total. The summed E-state index contributed by atoms with van der Waals surface area (Å²) in [6.07, 6.45) is 8.68. The molecule has 3 aromatic rings. The zero-order valence-electron chi connectivity index (χ0n) is 11.6. The first kappa shape index (κ1) is 13.6. The van der Waals surface area contributed by atoms with Gasteiger partial charge in [-0.3, -0.25) is 0 Å². The Morgan fingerprint density at radius 1 is 0.571 bits per heavy atom. The highest BCUT2D eigenvalue weighted by atomic mass is 32.1. The molecule has 0 saturated heterocycles. The lowest BCUT2D eigenvalue weighted by atomic mass is 10.1. The Labute approximate surface area is 129 Å². The fraction of sp³-hybridized carbons (Fsp3) is 0. The highest BCUT2D eigenvalue weighted by Gasteiger charge is 1.97. The number of hydrogen-bond donors (Lipinski definition) is 0. The van der Waals surface area contributed by atoms with Gasteiger partial charge in [-0.2, -0.15) is 0 Å². The minimum atomic E-state index is 1.22. The summed E-state index contributed by atoms with van der Waals surface area (Å²) >= 11 is 1.77. The second kappa shape index (κ2) is 6.87. The predicted molar refractivity (Wildman–Crippen MR) is 95.1 cm³/mol. The minimum Gasteiger partial charge on any atom is -0.144 e. The molecule has 0 bridgehead atoms. The second-order valence-electron chi connectivity index (χ2n) is 4.73. The van der Waals surface area contributed by atoms with E-state index in [1.165, 1.54) is 21.6 Å². The lowest BCUT2D eigenvalue weighted by Gasteiger charge is -1.95. The van der Waals surface area contributed by atoms with Gasteiger partial charge in [-0.05, 0) is 34.2 Å². The summed E-state index contributed by atoms with van der Waals surface area (Å²) in [6, 6.07) is 22.9. The van der Waals surface area contributed by atoms with E-state index < -0.39 is 0 Å². The standard InChI is InChI=1S/C20H16S/c1-3-7-17(8-4-1)11-13-19-15-16-21-20(19)14-12-18-9-5-2-6-10-18/h1-16H. The molecule has 0 spiro atoms. The molecule has 0 amide bonds. The molecule has 0 unspecified atom stereocenters. The average molecular weight is 288 g/mol. The van der Waals surface area contributed by atoms with Crippen LogP contribution in [0.4, 0.5) is 0 Å². The van der Waals surface area contributed by atoms with E-state index in [0.717, 1.165) is 0 Å². The van der Waals surface area contributed by atoms with Crippen LogP contribution >= 0.6 is 11.3 Å². The van der Waals surface area contributed by atoms with Crippen LogP contribution in [0, 0.1) is 0 Å². The molecule has 0 saturated carbocycles. The topological polar surface area (TPSA) is 0 Å². The van der Waals surface area contributed by atoms with Gasteiger partial charge in [-0.25, -0.2) is 0 Å². The van der Waals surface area contributed by atoms with Crippen molar-refractivity contribution in [3.63, 3.8) is 0 Å². The van der Waals surface area contributed by atoms with Gasteiger partial charge in [0, 0.05) is 4.88 Å². The summed E-state index contributed by atoms with van der Waals surface area (Å²) in [4.78, 5) is 1.28. The highest BCUT2D eigenvalue weighted by molar-refractivity contribution is 7.11. The first-order valence-electron chi connectivity index (χ1n) is 6.95. The fourth-order valence-corrected chi connectivity index (χ4v) is 2.87. The number of hydrogen-bond acceptors (Lipinski definition) is 1. The molecule has 2 aromatic carbocycles. The first-order chi connectivity index (χ1) is 10.4. The third-order valence-electron chi connectivity index (χ3n) is 3.21. The Kier molecular flexibility index (Phi) is 4.45. The number of rotatable bonds is 4. The van der Waals surface area contributed by atoms with Crippen LogP contribution in [0.1, 0.15) is 21.6 Å². The third kappa shape index (κ3) is 3.80. The molecule has 0 nitrogen and oxygen atoms in total. The molecule has 1 heteroatoms. The van der Waals surface area contributed by atoms with Gasteiger partial charge in [0.15, 0.2) is 0 Å². The molecular weight excluding hydrogens is 272 g/mol. The van der Waals surface area contributed by atoms with Crippen molar-refractivity contribution in [1.29, 1.82) is 0 Å². The quantitative estimate of drug-likeness (QED) is 0.545. The predicted octanol–water partition coefficient (Wildman–Crippen LogP) is 6.09. The van der Waals surface area contributed by atoms with E-state index >= 15 is 0 Å². The van der Waals surface area contributed by atoms with Crippen molar-refractivity contribution in [2.24, 2.45) is 0 Å². The zero-order chi connectivity index (χ0) is 14.3. The van der Waals surface area contributed by atoms with Crippen LogP contribution in [0.25, 0.3) is 24.3 Å². The van der Waals surface area contributed by atoms with Crippen molar-refractivity contribution in [3.05, 3.63) is 93.7 Å². The highest BCUT2D eigenvalue weighted by Crippen LogP contribution is 2.22. The monoisotopic (exact) mass is 288 g/mol. The Morgan fingerprint density at radius 2 is 1.14 bits per heavy atom. The number of benzene rings is 2. The van der Waals surface area contributed by atoms with Gasteiger partial charge >= 0.3 is 0 Å². The van der Waals surface area contributed by atoms with Crippen molar-refractivity contribution in [2.75, 3.05) is 0 Å². The van der Waals surface area contributed by atoms with E-state index in [0.29, 0.717) is 0 Å². The summed E-state index contributed by atoms with van der Waals surface area (Å²) in [7, 11) is 0. The van der Waals surface area contributed by atoms with Crippen molar-refractivity contribution < 1.29 is 0 Å². The minimum absolute atomic E-state index is 1.22. The van der Waals surface area contributed by atoms with E-state index in [9.17, 15) is 0 Å². The normalized spacial score (nSPS) is 11.4. The summed E-state index contributed by atoms with van der Waals surface area (Å²) in [5, 5.41) is 2.13. The van der Waals surface area contributed by atoms with Gasteiger partial charge in [-0.15, -0.1) is 11.3 Å². The van der Waals surface area contributed by atoms with Crippen LogP contribution in [0.5, 0.6) is 0 Å². The molecule has 1 aromatic heterocycles. The fourth-order valence-electron chi connectivity index (χ4n) is 2.09. The maximum Gasteiger partial charge on any atom is 0.0342 e. The molecule has 0 aliphatic rings. The Morgan fingerprint density at radius 3 is 1.76 bits per heavy atom. The summed E-state index contributed by atoms with van der Waals surface area (Å²) in [6.45, 7) is 0. The molecule has 0 aliphatic heterocycles. The van der Waals surface area contributed by atoms with Crippen LogP contribution in [-0.4, -0.2) is 0 Å². The van der Waals surface area contributed by atoms with Gasteiger partial charge in [-0.1, -0.05) is 78.9 Å². The largest absolute Gasteiger partial charge is 0.144 e. The van der Waals surface area contributed by atoms with Crippen LogP contribution in [-0.2, 0) is 0 Å². The molecule has 1 heterocycles. The molecule has 0 atom stereocenters. The van der Waals surface area contributed by atoms with Crippen LogP contribution in [0.15, 0.2) is 72.1 Å². The van der Waals surface area contributed by atoms with Crippen molar-refractivity contribution >= 4 is 35.6 Å². The summed E-state index contributed by atoms with van der Waals surface area (Å²) in [5.74, 6) is 0. The lowest BCUT2D eigenvalue weighted by molar-refractivity contribution is 1.66. The maximum atomic E-state index is 2.19. The number of thiophene rings is 1. The van der Waals surface area contributed by atoms with Gasteiger partial charge < -0.3 is 0 Å². The average Bonchev–Trinajstić information content (AvgIpc) is 3.00. The van der Waals surface area contributed by atoms with E-state index in [1.807, 2.05) is 12.1 Å². The summed E-state index contributed by atoms with van der Waals surface area (Å²) in [5.41, 5.74) is 3.71. The Bertz CT molecular complexity index is 670. The van der Waals surface area contributed by atoms with E-state index in [-0.39, 0.29) is 0 Å². The first-order valence-corrected chi connectivity index (χ1v) is 7.83. The van der Waals surface area contributed by atoms with Gasteiger partial charge in [0.25, 0.3) is 0 Å². The maximum absolute atomic E-state index is 2.19. The molecule has 0 fully saturated rings. The second-order valence-corrected chi connectivity index (χ2v) is 5.68. The van der Waals surface area contributed by atoms with E-state index in [4.69, 9.17) is 0 Å². The van der Waals surface area contributed by atoms with Crippen LogP contribution in [0.3, 0.4) is 0 Å². The molecule has 21 heavy (non-hydrogen) atoms. The van der Waals surface area contributed by atoms with Crippen molar-refractivity contribution in [1.82, 2.24) is 0 Å². The van der Waals surface area contributed by atoms with E-state index in [2.05, 4.69) is 84.3 Å². The lowest BCUT2D eigenvalue weighted by Crippen LogP contribution is -1.73. The third-order valence-corrected chi connectivity index (χ3v) is 4.11. The zero-order valence-corrected chi connectivity index (χ0v) is 12.5. The Hall–Kier alpha value is -2.38. The van der Waals surface area contributed by atoms with Crippen molar-refractivity contribution in [2.45, 2.75) is 0 Å². The SMILES string of the molecule is C(=Cc1ccsc1C=Cc1ccccc1)c1ccccc1. The summed E-state index contributed by atoms with van der Waals surface area (Å²) < 4.78 is 0. The molecule has 0 aliphatic carbocycles. The molecular formula is C20H16S. The van der Waals surface area contributed by atoms with Gasteiger partial charge in [0.05, 0.1) is 0 Å². The molecule has 102 valence electrons. The van der Waals surface area contributed by atoms with E-state index in [1.54, 1.807) is 11.3 Å².